The van der Waals surface area contributed by atoms with Crippen molar-refractivity contribution < 1.29 is 13.2 Å². The van der Waals surface area contributed by atoms with Gasteiger partial charge >= 0.3 is 0 Å². The second-order valence-corrected chi connectivity index (χ2v) is 7.70. The van der Waals surface area contributed by atoms with Gasteiger partial charge in [0.05, 0.1) is 6.26 Å². The van der Waals surface area contributed by atoms with Gasteiger partial charge in [-0.25, -0.2) is 13.1 Å². The molecule has 1 aliphatic carbocycles. The van der Waals surface area contributed by atoms with E-state index in [4.69, 9.17) is 0 Å². The van der Waals surface area contributed by atoms with E-state index in [1.54, 1.807) is 0 Å². The van der Waals surface area contributed by atoms with Crippen LogP contribution >= 0.6 is 0 Å². The van der Waals surface area contributed by atoms with Gasteiger partial charge in [-0.2, -0.15) is 0 Å². The van der Waals surface area contributed by atoms with Crippen molar-refractivity contribution >= 4 is 15.9 Å². The number of aryl methyl sites for hydroxylation is 1. The van der Waals surface area contributed by atoms with Gasteiger partial charge in [0.2, 0.25) is 15.9 Å². The van der Waals surface area contributed by atoms with Gasteiger partial charge in [-0.1, -0.05) is 24.3 Å². The number of hydrogen-bond acceptors (Lipinski definition) is 3. The molecule has 0 saturated carbocycles. The summed E-state index contributed by atoms with van der Waals surface area (Å²) in [6, 6.07) is 8.36. The summed E-state index contributed by atoms with van der Waals surface area (Å²) >= 11 is 0. The summed E-state index contributed by atoms with van der Waals surface area (Å²) in [5.41, 5.74) is 2.67. The summed E-state index contributed by atoms with van der Waals surface area (Å²) in [5.74, 6) is 0.347. The van der Waals surface area contributed by atoms with Gasteiger partial charge in [-0.15, -0.1) is 0 Å². The molecule has 22 heavy (non-hydrogen) atoms. The van der Waals surface area contributed by atoms with Crippen LogP contribution in [-0.4, -0.2) is 33.7 Å². The van der Waals surface area contributed by atoms with E-state index in [2.05, 4.69) is 28.2 Å². The monoisotopic (exact) mass is 324 g/mol. The standard InChI is InChI=1S/C16H24N2O3S/c1-22(20,21)18-11-5-10-17-16(19)12-14-8-4-7-13-6-2-3-9-15(13)14/h2-3,6,9,14,18H,4-5,7-8,10-12H2,1H3,(H,17,19)/t14-/m1/s1. The zero-order valence-corrected chi connectivity index (χ0v) is 13.8. The minimum Gasteiger partial charge on any atom is -0.356 e. The molecule has 122 valence electrons. The maximum Gasteiger partial charge on any atom is 0.220 e. The molecular formula is C16H24N2O3S. The molecular weight excluding hydrogens is 300 g/mol. The molecule has 1 amide bonds. The number of carbonyl (C=O) groups excluding carboxylic acids is 1. The molecule has 0 unspecified atom stereocenters. The van der Waals surface area contributed by atoms with Gasteiger partial charge in [0.25, 0.3) is 0 Å². The minimum atomic E-state index is -3.14. The Morgan fingerprint density at radius 2 is 2.05 bits per heavy atom. The van der Waals surface area contributed by atoms with Crippen molar-refractivity contribution in [3.05, 3.63) is 35.4 Å². The van der Waals surface area contributed by atoms with E-state index >= 15 is 0 Å². The molecule has 0 radical (unpaired) electrons. The minimum absolute atomic E-state index is 0.0426. The fourth-order valence-corrected chi connectivity index (χ4v) is 3.45. The first kappa shape index (κ1) is 17.0. The fraction of sp³-hybridized carbons (Fsp3) is 0.562. The quantitative estimate of drug-likeness (QED) is 0.747. The average Bonchev–Trinajstić information content (AvgIpc) is 2.46. The van der Waals surface area contributed by atoms with Gasteiger partial charge in [-0.05, 0) is 42.7 Å². The van der Waals surface area contributed by atoms with E-state index < -0.39 is 10.0 Å². The van der Waals surface area contributed by atoms with Gasteiger partial charge in [0.15, 0.2) is 0 Å². The van der Waals surface area contributed by atoms with Crippen LogP contribution in [0.3, 0.4) is 0 Å². The van der Waals surface area contributed by atoms with Gasteiger partial charge in [-0.3, -0.25) is 4.79 Å². The summed E-state index contributed by atoms with van der Waals surface area (Å²) in [4.78, 5) is 12.0. The SMILES string of the molecule is CS(=O)(=O)NCCCNC(=O)C[C@H]1CCCc2ccccc21. The normalized spacial score (nSPS) is 17.8. The van der Waals surface area contributed by atoms with Crippen LogP contribution < -0.4 is 10.0 Å². The number of rotatable bonds is 7. The molecule has 2 N–H and O–H groups in total. The Balaban J connectivity index is 1.74. The second-order valence-electron chi connectivity index (χ2n) is 5.86. The summed E-state index contributed by atoms with van der Waals surface area (Å²) in [5, 5.41) is 2.87. The van der Waals surface area contributed by atoms with Crippen molar-refractivity contribution in [1.82, 2.24) is 10.0 Å². The Morgan fingerprint density at radius 1 is 1.27 bits per heavy atom. The van der Waals surface area contributed by atoms with Crippen LogP contribution in [0.25, 0.3) is 0 Å². The van der Waals surface area contributed by atoms with Gasteiger partial charge in [0.1, 0.15) is 0 Å². The molecule has 0 heterocycles. The van der Waals surface area contributed by atoms with Crippen LogP contribution in [0.15, 0.2) is 24.3 Å². The summed E-state index contributed by atoms with van der Waals surface area (Å²) in [6.07, 6.45) is 5.53. The summed E-state index contributed by atoms with van der Waals surface area (Å²) < 4.78 is 24.2. The molecule has 5 nitrogen and oxygen atoms in total. The number of amides is 1. The van der Waals surface area contributed by atoms with Crippen LogP contribution in [0.4, 0.5) is 0 Å². The van der Waals surface area contributed by atoms with Crippen LogP contribution in [-0.2, 0) is 21.2 Å². The van der Waals surface area contributed by atoms with Crippen LogP contribution in [0, 0.1) is 0 Å². The molecule has 0 saturated heterocycles. The van der Waals surface area contributed by atoms with Gasteiger partial charge < -0.3 is 5.32 Å². The number of sulfonamides is 1. The largest absolute Gasteiger partial charge is 0.356 e. The van der Waals surface area contributed by atoms with Crippen LogP contribution in [0.1, 0.15) is 42.7 Å². The molecule has 2 rings (SSSR count). The van der Waals surface area contributed by atoms with Crippen molar-refractivity contribution in [3.63, 3.8) is 0 Å². The smallest absolute Gasteiger partial charge is 0.220 e. The molecule has 1 aromatic carbocycles. The molecule has 0 bridgehead atoms. The van der Waals surface area contributed by atoms with Crippen molar-refractivity contribution in [2.75, 3.05) is 19.3 Å². The van der Waals surface area contributed by atoms with Crippen molar-refractivity contribution in [2.45, 2.75) is 38.0 Å². The lowest BCUT2D eigenvalue weighted by atomic mass is 9.81. The molecule has 0 spiro atoms. The highest BCUT2D eigenvalue weighted by molar-refractivity contribution is 7.88. The predicted octanol–water partition coefficient (Wildman–Crippen LogP) is 1.55. The Kier molecular flexibility index (Phi) is 5.97. The summed E-state index contributed by atoms with van der Waals surface area (Å²) in [6.45, 7) is 0.848. The van der Waals surface area contributed by atoms with E-state index in [0.717, 1.165) is 25.5 Å². The first-order valence-electron chi connectivity index (χ1n) is 7.75. The number of fused-ring (bicyclic) bond motifs is 1. The van der Waals surface area contributed by atoms with Gasteiger partial charge in [0, 0.05) is 19.5 Å². The first-order valence-corrected chi connectivity index (χ1v) is 9.64. The topological polar surface area (TPSA) is 75.3 Å². The lowest BCUT2D eigenvalue weighted by Gasteiger charge is -2.25. The van der Waals surface area contributed by atoms with E-state index in [-0.39, 0.29) is 5.91 Å². The molecule has 1 aliphatic rings. The highest BCUT2D eigenvalue weighted by atomic mass is 32.2. The molecule has 0 aromatic heterocycles. The maximum atomic E-state index is 12.0. The van der Waals surface area contributed by atoms with E-state index in [1.165, 1.54) is 11.1 Å². The molecule has 6 heteroatoms. The first-order chi connectivity index (χ1) is 10.5. The Bertz CT molecular complexity index is 614. The van der Waals surface area contributed by atoms with Crippen molar-refractivity contribution in [1.29, 1.82) is 0 Å². The Morgan fingerprint density at radius 3 is 2.82 bits per heavy atom. The third-order valence-electron chi connectivity index (χ3n) is 3.97. The van der Waals surface area contributed by atoms with Crippen LogP contribution in [0.2, 0.25) is 0 Å². The van der Waals surface area contributed by atoms with E-state index in [9.17, 15) is 13.2 Å². The van der Waals surface area contributed by atoms with Crippen LogP contribution in [0.5, 0.6) is 0 Å². The average molecular weight is 324 g/mol. The number of benzene rings is 1. The molecule has 1 atom stereocenters. The van der Waals surface area contributed by atoms with E-state index in [1.807, 2.05) is 6.07 Å². The number of hydrogen-bond donors (Lipinski definition) is 2. The van der Waals surface area contributed by atoms with Crippen molar-refractivity contribution in [2.24, 2.45) is 0 Å². The highest BCUT2D eigenvalue weighted by Gasteiger charge is 2.21. The highest BCUT2D eigenvalue weighted by Crippen LogP contribution is 2.33. The predicted molar refractivity (Wildman–Crippen MR) is 87.2 cm³/mol. The fourth-order valence-electron chi connectivity index (χ4n) is 2.94. The third kappa shape index (κ3) is 5.42. The zero-order valence-electron chi connectivity index (χ0n) is 13.0. The lowest BCUT2D eigenvalue weighted by molar-refractivity contribution is -0.121. The number of nitrogens with one attached hydrogen (secondary N) is 2. The summed E-state index contributed by atoms with van der Waals surface area (Å²) in [7, 11) is -3.14. The number of carbonyl (C=O) groups is 1. The molecule has 1 aromatic rings. The van der Waals surface area contributed by atoms with E-state index in [0.29, 0.717) is 31.8 Å². The maximum absolute atomic E-state index is 12.0. The molecule has 0 aliphatic heterocycles. The molecule has 0 fully saturated rings. The van der Waals surface area contributed by atoms with Crippen molar-refractivity contribution in [3.8, 4) is 0 Å². The zero-order chi connectivity index (χ0) is 16.0. The Hall–Kier alpha value is -1.40. The Labute approximate surface area is 132 Å². The third-order valence-corrected chi connectivity index (χ3v) is 4.69. The lowest BCUT2D eigenvalue weighted by Crippen LogP contribution is -2.30. The second kappa shape index (κ2) is 7.74.